The number of rotatable bonds is 5. The summed E-state index contributed by atoms with van der Waals surface area (Å²) in [5, 5.41) is 4.84. The minimum atomic E-state index is -0.734. The molecule has 0 radical (unpaired) electrons. The number of thioether (sulfide) groups is 1. The number of methoxy groups -OCH3 is 1. The van der Waals surface area contributed by atoms with Crippen LogP contribution in [0.3, 0.4) is 0 Å². The lowest BCUT2D eigenvalue weighted by Crippen LogP contribution is -2.31. The van der Waals surface area contributed by atoms with Crippen molar-refractivity contribution in [1.29, 1.82) is 0 Å². The zero-order chi connectivity index (χ0) is 23.7. The van der Waals surface area contributed by atoms with Gasteiger partial charge in [-0.2, -0.15) is 0 Å². The first-order valence-corrected chi connectivity index (χ1v) is 11.9. The fourth-order valence-electron chi connectivity index (χ4n) is 3.67. The van der Waals surface area contributed by atoms with Crippen molar-refractivity contribution in [3.63, 3.8) is 0 Å². The van der Waals surface area contributed by atoms with E-state index in [1.807, 2.05) is 24.3 Å². The van der Waals surface area contributed by atoms with Crippen LogP contribution < -0.4 is 10.9 Å². The van der Waals surface area contributed by atoms with E-state index in [9.17, 15) is 9.59 Å². The first-order chi connectivity index (χ1) is 15.8. The molecule has 3 aromatic rings. The molecule has 2 heterocycles. The van der Waals surface area contributed by atoms with Crippen molar-refractivity contribution in [3.8, 4) is 0 Å². The van der Waals surface area contributed by atoms with Crippen LogP contribution in [0.25, 0.3) is 0 Å². The van der Waals surface area contributed by atoms with Gasteiger partial charge in [0.05, 0.1) is 34.2 Å². The van der Waals surface area contributed by atoms with Crippen LogP contribution in [0, 0.1) is 0 Å². The third-order valence-electron chi connectivity index (χ3n) is 5.23. The number of hydrogen-bond acceptors (Lipinski definition) is 6. The summed E-state index contributed by atoms with van der Waals surface area (Å²) in [4.78, 5) is 33.4. The maximum absolute atomic E-state index is 13.3. The number of H-pyrrole nitrogens is 1. The molecule has 33 heavy (non-hydrogen) atoms. The summed E-state index contributed by atoms with van der Waals surface area (Å²) >= 11 is 19.9. The highest BCUT2D eigenvalue weighted by molar-refractivity contribution is 7.98. The van der Waals surface area contributed by atoms with Gasteiger partial charge in [-0.05, 0) is 36.2 Å². The van der Waals surface area contributed by atoms with Gasteiger partial charge >= 0.3 is 5.97 Å². The monoisotopic (exact) mass is 521 g/mol. The highest BCUT2D eigenvalue weighted by Crippen LogP contribution is 2.41. The molecule has 1 unspecified atom stereocenters. The number of aromatic amines is 1. The molecule has 4 rings (SSSR count). The van der Waals surface area contributed by atoms with Crippen molar-refractivity contribution >= 4 is 58.4 Å². The fourth-order valence-corrected chi connectivity index (χ4v) is 5.12. The molecule has 0 fully saturated rings. The zero-order valence-corrected chi connectivity index (χ0v) is 20.6. The largest absolute Gasteiger partial charge is 0.466 e. The highest BCUT2D eigenvalue weighted by Gasteiger charge is 2.36. The molecular formula is C23H18Cl3N3O3S. The normalized spacial score (nSPS) is 15.1. The highest BCUT2D eigenvalue weighted by atomic mass is 35.5. The third kappa shape index (κ3) is 4.77. The summed E-state index contributed by atoms with van der Waals surface area (Å²) in [6, 6.07) is 12.5. The van der Waals surface area contributed by atoms with E-state index in [-0.39, 0.29) is 5.56 Å². The van der Waals surface area contributed by atoms with Gasteiger partial charge in [0.1, 0.15) is 5.82 Å². The molecule has 6 nitrogen and oxygen atoms in total. The average molecular weight is 523 g/mol. The number of anilines is 1. The van der Waals surface area contributed by atoms with Gasteiger partial charge in [0.2, 0.25) is 0 Å². The zero-order valence-electron chi connectivity index (χ0n) is 17.5. The summed E-state index contributed by atoms with van der Waals surface area (Å²) in [6.45, 7) is 1.74. The van der Waals surface area contributed by atoms with E-state index in [2.05, 4.69) is 15.3 Å². The van der Waals surface area contributed by atoms with E-state index in [0.29, 0.717) is 54.2 Å². The van der Waals surface area contributed by atoms with E-state index in [1.165, 1.54) is 18.9 Å². The topological polar surface area (TPSA) is 84.1 Å². The number of nitrogens with zero attached hydrogens (tertiary/aromatic N) is 1. The molecule has 0 bridgehead atoms. The summed E-state index contributed by atoms with van der Waals surface area (Å²) < 4.78 is 5.00. The van der Waals surface area contributed by atoms with E-state index in [1.54, 1.807) is 25.1 Å². The number of carbonyl (C=O) groups is 1. The number of ether oxygens (including phenoxy) is 1. The van der Waals surface area contributed by atoms with Crippen molar-refractivity contribution in [1.82, 2.24) is 9.97 Å². The summed E-state index contributed by atoms with van der Waals surface area (Å²) in [5.41, 5.74) is 2.30. The number of esters is 1. The molecule has 0 amide bonds. The molecule has 1 aliphatic rings. The van der Waals surface area contributed by atoms with Crippen LogP contribution in [0.5, 0.6) is 0 Å². The molecular weight excluding hydrogens is 505 g/mol. The van der Waals surface area contributed by atoms with E-state index >= 15 is 0 Å². The quantitative estimate of drug-likeness (QED) is 0.242. The molecule has 0 spiro atoms. The van der Waals surface area contributed by atoms with Gasteiger partial charge in [-0.1, -0.05) is 70.8 Å². The first kappa shape index (κ1) is 23.7. The van der Waals surface area contributed by atoms with Crippen molar-refractivity contribution in [2.24, 2.45) is 0 Å². The van der Waals surface area contributed by atoms with Gasteiger partial charge in [-0.3, -0.25) is 4.79 Å². The Balaban J connectivity index is 1.79. The number of fused-ring (bicyclic) bond motifs is 1. The SMILES string of the molecule is COC(=O)C1=C(C)Nc2nc(SCc3ccccc3Cl)[nH]c(=O)c2C1c1ccc(Cl)c(Cl)c1. The second-order valence-electron chi connectivity index (χ2n) is 7.28. The Labute approximate surface area is 209 Å². The van der Waals surface area contributed by atoms with E-state index in [4.69, 9.17) is 39.5 Å². The number of benzene rings is 2. The molecule has 2 aromatic carbocycles. The molecule has 2 N–H and O–H groups in total. The minimum Gasteiger partial charge on any atom is -0.466 e. The van der Waals surface area contributed by atoms with Crippen LogP contribution in [-0.4, -0.2) is 23.0 Å². The van der Waals surface area contributed by atoms with Crippen LogP contribution in [-0.2, 0) is 15.3 Å². The van der Waals surface area contributed by atoms with Gasteiger partial charge in [0.15, 0.2) is 5.16 Å². The summed E-state index contributed by atoms with van der Waals surface area (Å²) in [6.07, 6.45) is 0. The third-order valence-corrected chi connectivity index (χ3v) is 7.26. The Morgan fingerprint density at radius 3 is 2.58 bits per heavy atom. The maximum Gasteiger partial charge on any atom is 0.336 e. The van der Waals surface area contributed by atoms with E-state index in [0.717, 1.165) is 5.56 Å². The van der Waals surface area contributed by atoms with Gasteiger partial charge in [0, 0.05) is 16.5 Å². The number of aromatic nitrogens is 2. The van der Waals surface area contributed by atoms with Crippen LogP contribution in [0.4, 0.5) is 5.82 Å². The van der Waals surface area contributed by atoms with Crippen molar-refractivity contribution in [3.05, 3.63) is 95.8 Å². The van der Waals surface area contributed by atoms with Crippen molar-refractivity contribution in [2.45, 2.75) is 23.8 Å². The average Bonchev–Trinajstić information content (AvgIpc) is 2.79. The number of carbonyl (C=O) groups excluding carboxylic acids is 1. The Kier molecular flexibility index (Phi) is 7.05. The molecule has 10 heteroatoms. The smallest absolute Gasteiger partial charge is 0.336 e. The van der Waals surface area contributed by atoms with Crippen molar-refractivity contribution < 1.29 is 9.53 Å². The lowest BCUT2D eigenvalue weighted by molar-refractivity contribution is -0.136. The van der Waals surface area contributed by atoms with Crippen LogP contribution in [0.15, 0.2) is 63.7 Å². The first-order valence-electron chi connectivity index (χ1n) is 9.81. The van der Waals surface area contributed by atoms with Gasteiger partial charge in [0.25, 0.3) is 5.56 Å². The lowest BCUT2D eigenvalue weighted by atomic mass is 9.82. The van der Waals surface area contributed by atoms with Gasteiger partial charge in [-0.15, -0.1) is 0 Å². The number of halogens is 3. The minimum absolute atomic E-state index is 0.293. The predicted octanol–water partition coefficient (Wildman–Crippen LogP) is 6.03. The lowest BCUT2D eigenvalue weighted by Gasteiger charge is -2.28. The predicted molar refractivity (Wildman–Crippen MR) is 133 cm³/mol. The number of hydrogen-bond donors (Lipinski definition) is 2. The molecule has 0 aliphatic carbocycles. The Morgan fingerprint density at radius 1 is 1.12 bits per heavy atom. The Morgan fingerprint density at radius 2 is 1.88 bits per heavy atom. The molecule has 0 saturated heterocycles. The van der Waals surface area contributed by atoms with Crippen LogP contribution in [0.2, 0.25) is 15.1 Å². The van der Waals surface area contributed by atoms with Gasteiger partial charge < -0.3 is 15.0 Å². The van der Waals surface area contributed by atoms with Crippen LogP contribution in [0.1, 0.15) is 29.5 Å². The second kappa shape index (κ2) is 9.81. The number of nitrogens with one attached hydrogen (secondary N) is 2. The Bertz CT molecular complexity index is 1340. The fraction of sp³-hybridized carbons (Fsp3) is 0.174. The van der Waals surface area contributed by atoms with Gasteiger partial charge in [-0.25, -0.2) is 9.78 Å². The molecule has 1 aliphatic heterocycles. The van der Waals surface area contributed by atoms with Crippen LogP contribution >= 0.6 is 46.6 Å². The second-order valence-corrected chi connectivity index (χ2v) is 9.46. The molecule has 170 valence electrons. The molecule has 1 aromatic heterocycles. The van der Waals surface area contributed by atoms with E-state index < -0.39 is 11.9 Å². The molecule has 1 atom stereocenters. The Hall–Kier alpha value is -2.45. The molecule has 0 saturated carbocycles. The summed E-state index contributed by atoms with van der Waals surface area (Å²) in [5.74, 6) is -0.401. The number of allylic oxidation sites excluding steroid dienone is 1. The maximum atomic E-state index is 13.3. The standard InChI is InChI=1S/C23H18Cl3N3O3S/c1-11-17(22(31)32-2)18(12-7-8-15(25)16(26)9-12)19-20(27-11)28-23(29-21(19)30)33-10-13-5-3-4-6-14(13)24/h3-9,18H,10H2,1-2H3,(H2,27,28,29,30). The van der Waals surface area contributed by atoms with Crippen molar-refractivity contribution in [2.75, 3.05) is 12.4 Å². The summed E-state index contributed by atoms with van der Waals surface area (Å²) in [7, 11) is 1.29.